The molecule has 0 aliphatic carbocycles. The highest BCUT2D eigenvalue weighted by atomic mass is 16.4. The number of nitrogens with zero attached hydrogens (tertiary/aromatic N) is 1. The van der Waals surface area contributed by atoms with E-state index in [-0.39, 0.29) is 17.3 Å². The summed E-state index contributed by atoms with van der Waals surface area (Å²) >= 11 is 0. The number of oxazole rings is 1. The number of carbonyl (C=O) groups is 1. The number of nitrogens with one attached hydrogen (secondary N) is 2. The predicted molar refractivity (Wildman–Crippen MR) is 60.1 cm³/mol. The number of hydrogen-bond acceptors (Lipinski definition) is 4. The van der Waals surface area contributed by atoms with Crippen molar-refractivity contribution in [1.29, 1.82) is 0 Å². The Kier molecular flexibility index (Phi) is 2.96. The Morgan fingerprint density at radius 3 is 3.06 bits per heavy atom. The molecule has 2 heterocycles. The van der Waals surface area contributed by atoms with Gasteiger partial charge < -0.3 is 9.73 Å². The molecule has 1 aliphatic heterocycles. The van der Waals surface area contributed by atoms with Crippen molar-refractivity contribution in [2.24, 2.45) is 5.41 Å². The van der Waals surface area contributed by atoms with E-state index in [1.165, 1.54) is 6.26 Å². The van der Waals surface area contributed by atoms with Crippen molar-refractivity contribution >= 4 is 11.9 Å². The molecule has 16 heavy (non-hydrogen) atoms. The fraction of sp³-hybridized carbons (Fsp3) is 0.636. The predicted octanol–water partition coefficient (Wildman–Crippen LogP) is 1.31. The smallest absolute Gasteiger partial charge is 0.301 e. The van der Waals surface area contributed by atoms with Gasteiger partial charge in [-0.25, -0.2) is 0 Å². The number of rotatable bonds is 2. The first-order valence-electron chi connectivity index (χ1n) is 5.54. The molecule has 2 N–H and O–H groups in total. The van der Waals surface area contributed by atoms with Crippen LogP contribution in [0.15, 0.2) is 10.7 Å². The van der Waals surface area contributed by atoms with Crippen LogP contribution in [-0.2, 0) is 4.79 Å². The van der Waals surface area contributed by atoms with Crippen LogP contribution < -0.4 is 10.6 Å². The van der Waals surface area contributed by atoms with Gasteiger partial charge in [0.2, 0.25) is 5.91 Å². The van der Waals surface area contributed by atoms with E-state index in [0.29, 0.717) is 6.54 Å². The highest BCUT2D eigenvalue weighted by Crippen LogP contribution is 2.26. The van der Waals surface area contributed by atoms with Gasteiger partial charge in [0, 0.05) is 6.54 Å². The van der Waals surface area contributed by atoms with Crippen LogP contribution in [0.5, 0.6) is 0 Å². The summed E-state index contributed by atoms with van der Waals surface area (Å²) in [6.45, 7) is 5.48. The Bertz CT molecular complexity index is 380. The highest BCUT2D eigenvalue weighted by Gasteiger charge is 2.35. The summed E-state index contributed by atoms with van der Waals surface area (Å²) in [6, 6.07) is 0.286. The molecule has 2 rings (SSSR count). The lowest BCUT2D eigenvalue weighted by Crippen LogP contribution is -2.46. The fourth-order valence-corrected chi connectivity index (χ4v) is 1.91. The minimum Gasteiger partial charge on any atom is -0.432 e. The zero-order chi connectivity index (χ0) is 11.6. The molecule has 1 aliphatic rings. The van der Waals surface area contributed by atoms with Crippen molar-refractivity contribution < 1.29 is 9.21 Å². The van der Waals surface area contributed by atoms with E-state index in [1.54, 1.807) is 0 Å². The van der Waals surface area contributed by atoms with E-state index >= 15 is 0 Å². The topological polar surface area (TPSA) is 67.2 Å². The third-order valence-corrected chi connectivity index (χ3v) is 2.98. The second-order valence-electron chi connectivity index (χ2n) is 4.59. The van der Waals surface area contributed by atoms with Crippen LogP contribution in [0.1, 0.15) is 25.5 Å². The maximum Gasteiger partial charge on any atom is 0.301 e. The van der Waals surface area contributed by atoms with Gasteiger partial charge in [-0.15, -0.1) is 0 Å². The Morgan fingerprint density at radius 2 is 2.50 bits per heavy atom. The summed E-state index contributed by atoms with van der Waals surface area (Å²) < 4.78 is 5.11. The Balaban J connectivity index is 2.01. The number of aryl methyl sites for hydroxylation is 1. The van der Waals surface area contributed by atoms with Gasteiger partial charge in [-0.1, -0.05) is 0 Å². The lowest BCUT2D eigenvalue weighted by Gasteiger charge is -2.31. The van der Waals surface area contributed by atoms with Gasteiger partial charge in [0.25, 0.3) is 0 Å². The molecule has 5 nitrogen and oxygen atoms in total. The van der Waals surface area contributed by atoms with Gasteiger partial charge >= 0.3 is 6.01 Å². The molecule has 1 fully saturated rings. The fourth-order valence-electron chi connectivity index (χ4n) is 1.91. The Labute approximate surface area is 94.6 Å². The molecule has 0 saturated carbocycles. The molecule has 5 heteroatoms. The number of carbonyl (C=O) groups excluding carboxylic acids is 1. The highest BCUT2D eigenvalue weighted by molar-refractivity contribution is 5.93. The standard InChI is InChI=1S/C11H17N3O2/c1-8-6-16-10(13-8)14-9(15)11(2)4-3-5-12-7-11/h6,12H,3-5,7H2,1-2H3,(H,13,14,15). The number of aromatic nitrogens is 1. The summed E-state index contributed by atoms with van der Waals surface area (Å²) in [5.74, 6) is -0.0263. The van der Waals surface area contributed by atoms with Crippen molar-refractivity contribution in [3.8, 4) is 0 Å². The van der Waals surface area contributed by atoms with Crippen molar-refractivity contribution in [2.45, 2.75) is 26.7 Å². The van der Waals surface area contributed by atoms with Crippen LogP contribution in [0.4, 0.5) is 6.01 Å². The zero-order valence-corrected chi connectivity index (χ0v) is 9.67. The van der Waals surface area contributed by atoms with Gasteiger partial charge in [0.05, 0.1) is 11.1 Å². The van der Waals surface area contributed by atoms with E-state index in [0.717, 1.165) is 25.1 Å². The Hall–Kier alpha value is -1.36. The molecule has 0 bridgehead atoms. The van der Waals surface area contributed by atoms with E-state index in [2.05, 4.69) is 15.6 Å². The first kappa shape index (κ1) is 11.1. The minimum absolute atomic E-state index is 0.0263. The van der Waals surface area contributed by atoms with Gasteiger partial charge in [-0.3, -0.25) is 10.1 Å². The van der Waals surface area contributed by atoms with E-state index in [1.807, 2.05) is 13.8 Å². The molecule has 0 radical (unpaired) electrons. The van der Waals surface area contributed by atoms with Crippen molar-refractivity contribution in [2.75, 3.05) is 18.4 Å². The maximum absolute atomic E-state index is 12.0. The average Bonchev–Trinajstić information content (AvgIpc) is 2.65. The van der Waals surface area contributed by atoms with Crippen LogP contribution in [0, 0.1) is 12.3 Å². The van der Waals surface area contributed by atoms with Gasteiger partial charge in [-0.2, -0.15) is 4.98 Å². The quantitative estimate of drug-likeness (QED) is 0.793. The number of anilines is 1. The van der Waals surface area contributed by atoms with Crippen molar-refractivity contribution in [3.63, 3.8) is 0 Å². The molecule has 1 aromatic heterocycles. The van der Waals surface area contributed by atoms with Crippen molar-refractivity contribution in [1.82, 2.24) is 10.3 Å². The molecule has 0 aromatic carbocycles. The molecule has 1 saturated heterocycles. The van der Waals surface area contributed by atoms with Crippen LogP contribution in [0.25, 0.3) is 0 Å². The summed E-state index contributed by atoms with van der Waals surface area (Å²) in [5.41, 5.74) is 0.405. The minimum atomic E-state index is -0.360. The first-order valence-corrected chi connectivity index (χ1v) is 5.54. The summed E-state index contributed by atoms with van der Waals surface area (Å²) in [7, 11) is 0. The average molecular weight is 223 g/mol. The summed E-state index contributed by atoms with van der Waals surface area (Å²) in [6.07, 6.45) is 3.44. The molecule has 1 atom stereocenters. The van der Waals surface area contributed by atoms with E-state index in [9.17, 15) is 4.79 Å². The Morgan fingerprint density at radius 1 is 1.69 bits per heavy atom. The van der Waals surface area contributed by atoms with Crippen molar-refractivity contribution in [3.05, 3.63) is 12.0 Å². The lowest BCUT2D eigenvalue weighted by atomic mass is 9.82. The third-order valence-electron chi connectivity index (χ3n) is 2.98. The first-order chi connectivity index (χ1) is 7.60. The monoisotopic (exact) mass is 223 g/mol. The van der Waals surface area contributed by atoms with Crippen LogP contribution in [-0.4, -0.2) is 24.0 Å². The van der Waals surface area contributed by atoms with Crippen LogP contribution in [0.3, 0.4) is 0 Å². The summed E-state index contributed by atoms with van der Waals surface area (Å²) in [4.78, 5) is 16.1. The van der Waals surface area contributed by atoms with Gasteiger partial charge in [0.1, 0.15) is 6.26 Å². The SMILES string of the molecule is Cc1coc(NC(=O)C2(C)CCCNC2)n1. The molecular weight excluding hydrogens is 206 g/mol. The molecule has 1 aromatic rings. The second-order valence-corrected chi connectivity index (χ2v) is 4.59. The largest absolute Gasteiger partial charge is 0.432 e. The summed E-state index contributed by atoms with van der Waals surface area (Å²) in [5, 5.41) is 5.95. The van der Waals surface area contributed by atoms with Gasteiger partial charge in [-0.05, 0) is 33.2 Å². The zero-order valence-electron chi connectivity index (χ0n) is 9.67. The normalized spacial score (nSPS) is 25.4. The van der Waals surface area contributed by atoms with Crippen LogP contribution in [0.2, 0.25) is 0 Å². The van der Waals surface area contributed by atoms with E-state index in [4.69, 9.17) is 4.42 Å². The second kappa shape index (κ2) is 4.25. The molecular formula is C11H17N3O2. The number of piperidine rings is 1. The molecule has 1 amide bonds. The maximum atomic E-state index is 12.0. The molecule has 1 unspecified atom stereocenters. The third kappa shape index (κ3) is 2.24. The van der Waals surface area contributed by atoms with E-state index < -0.39 is 0 Å². The van der Waals surface area contributed by atoms with Crippen LogP contribution >= 0.6 is 0 Å². The lowest BCUT2D eigenvalue weighted by molar-refractivity contribution is -0.125. The number of hydrogen-bond donors (Lipinski definition) is 2. The molecule has 0 spiro atoms. The molecule has 88 valence electrons. The van der Waals surface area contributed by atoms with Gasteiger partial charge in [0.15, 0.2) is 0 Å². The number of amides is 1.